The summed E-state index contributed by atoms with van der Waals surface area (Å²) in [7, 11) is 0. The van der Waals surface area contributed by atoms with Crippen molar-refractivity contribution in [3.8, 4) is 17.0 Å². The Hall–Kier alpha value is -1.73. The van der Waals surface area contributed by atoms with Crippen LogP contribution >= 0.6 is 11.3 Å². The molecule has 7 heteroatoms. The molecule has 112 valence electrons. The minimum Gasteiger partial charge on any atom is -0.434 e. The molecule has 0 aliphatic carbocycles. The third kappa shape index (κ3) is 3.30. The zero-order chi connectivity index (χ0) is 14.7. The van der Waals surface area contributed by atoms with Crippen molar-refractivity contribution in [1.82, 2.24) is 10.3 Å². The van der Waals surface area contributed by atoms with E-state index in [1.807, 2.05) is 5.38 Å². The van der Waals surface area contributed by atoms with Crippen LogP contribution in [0.15, 0.2) is 29.6 Å². The van der Waals surface area contributed by atoms with Crippen molar-refractivity contribution in [2.24, 2.45) is 0 Å². The Morgan fingerprint density at radius 3 is 2.76 bits per heavy atom. The highest BCUT2D eigenvalue weighted by molar-refractivity contribution is 7.14. The monoisotopic (exact) mass is 311 g/mol. The normalized spacial score (nSPS) is 15.5. The Morgan fingerprint density at radius 2 is 2.00 bits per heavy atom. The summed E-state index contributed by atoms with van der Waals surface area (Å²) in [5.74, 6) is 0.157. The lowest BCUT2D eigenvalue weighted by molar-refractivity contribution is -0.0494. The molecule has 0 spiro atoms. The van der Waals surface area contributed by atoms with Gasteiger partial charge in [-0.15, -0.1) is 11.3 Å². The quantitative estimate of drug-likeness (QED) is 0.942. The number of ether oxygens (including phenoxy) is 1. The molecule has 0 atom stereocenters. The topological polar surface area (TPSA) is 37.4 Å². The Morgan fingerprint density at radius 1 is 1.24 bits per heavy atom. The summed E-state index contributed by atoms with van der Waals surface area (Å²) in [5.41, 5.74) is 1.26. The van der Waals surface area contributed by atoms with Crippen LogP contribution in [-0.2, 0) is 0 Å². The van der Waals surface area contributed by atoms with Gasteiger partial charge in [-0.2, -0.15) is 8.78 Å². The smallest absolute Gasteiger partial charge is 0.387 e. The number of halogens is 2. The van der Waals surface area contributed by atoms with Crippen LogP contribution in [0.4, 0.5) is 13.9 Å². The molecule has 0 radical (unpaired) electrons. The molecule has 1 aliphatic heterocycles. The van der Waals surface area contributed by atoms with E-state index < -0.39 is 6.61 Å². The van der Waals surface area contributed by atoms with E-state index in [1.54, 1.807) is 18.2 Å². The van der Waals surface area contributed by atoms with Gasteiger partial charge in [-0.3, -0.25) is 0 Å². The van der Waals surface area contributed by atoms with Gasteiger partial charge < -0.3 is 15.0 Å². The van der Waals surface area contributed by atoms with Crippen LogP contribution in [0.5, 0.6) is 5.75 Å². The maximum atomic E-state index is 12.5. The maximum Gasteiger partial charge on any atom is 0.387 e. The average Bonchev–Trinajstić information content (AvgIpc) is 2.98. The molecule has 0 amide bonds. The highest BCUT2D eigenvalue weighted by Crippen LogP contribution is 2.34. The predicted octanol–water partition coefficient (Wildman–Crippen LogP) is 2.82. The fourth-order valence-electron chi connectivity index (χ4n) is 2.27. The number of aromatic nitrogens is 1. The van der Waals surface area contributed by atoms with Crippen LogP contribution in [0.3, 0.4) is 0 Å². The fourth-order valence-corrected chi connectivity index (χ4v) is 3.15. The summed E-state index contributed by atoms with van der Waals surface area (Å²) >= 11 is 1.52. The molecule has 0 bridgehead atoms. The molecule has 2 aromatic rings. The maximum absolute atomic E-state index is 12.5. The van der Waals surface area contributed by atoms with Crippen molar-refractivity contribution in [3.63, 3.8) is 0 Å². The number of rotatable bonds is 4. The van der Waals surface area contributed by atoms with Crippen molar-refractivity contribution in [2.45, 2.75) is 6.61 Å². The third-order valence-corrected chi connectivity index (χ3v) is 4.16. The third-order valence-electron chi connectivity index (χ3n) is 3.26. The van der Waals surface area contributed by atoms with E-state index in [-0.39, 0.29) is 5.75 Å². The molecule has 2 heterocycles. The summed E-state index contributed by atoms with van der Waals surface area (Å²) in [5, 5.41) is 6.08. The first-order valence-electron chi connectivity index (χ1n) is 6.69. The van der Waals surface area contributed by atoms with Gasteiger partial charge in [-0.25, -0.2) is 4.98 Å². The number of piperazine rings is 1. The van der Waals surface area contributed by atoms with Crippen molar-refractivity contribution >= 4 is 16.5 Å². The number of nitrogens with zero attached hydrogens (tertiary/aromatic N) is 2. The second kappa shape index (κ2) is 6.36. The van der Waals surface area contributed by atoms with Crippen LogP contribution in [0, 0.1) is 0 Å². The van der Waals surface area contributed by atoms with Gasteiger partial charge in [-0.05, 0) is 12.1 Å². The molecule has 21 heavy (non-hydrogen) atoms. The van der Waals surface area contributed by atoms with Crippen LogP contribution in [0.2, 0.25) is 0 Å². The lowest BCUT2D eigenvalue weighted by Gasteiger charge is -2.26. The first-order valence-corrected chi connectivity index (χ1v) is 7.57. The average molecular weight is 311 g/mol. The molecule has 1 aliphatic rings. The number of benzene rings is 1. The highest BCUT2D eigenvalue weighted by atomic mass is 32.1. The molecular formula is C14H15F2N3OS. The van der Waals surface area contributed by atoms with Crippen LogP contribution in [0.1, 0.15) is 0 Å². The van der Waals surface area contributed by atoms with Gasteiger partial charge in [0.1, 0.15) is 5.75 Å². The van der Waals surface area contributed by atoms with E-state index in [9.17, 15) is 8.78 Å². The Balaban J connectivity index is 1.85. The van der Waals surface area contributed by atoms with Gasteiger partial charge in [0, 0.05) is 37.1 Å². The Bertz CT molecular complexity index is 599. The van der Waals surface area contributed by atoms with Gasteiger partial charge in [0.05, 0.1) is 5.69 Å². The first-order chi connectivity index (χ1) is 10.2. The molecule has 0 unspecified atom stereocenters. The second-order valence-electron chi connectivity index (χ2n) is 4.63. The number of hydrogen-bond donors (Lipinski definition) is 1. The zero-order valence-electron chi connectivity index (χ0n) is 11.3. The lowest BCUT2D eigenvalue weighted by atomic mass is 10.1. The first kappa shape index (κ1) is 14.2. The number of hydrogen-bond acceptors (Lipinski definition) is 5. The van der Waals surface area contributed by atoms with Crippen LogP contribution in [-0.4, -0.2) is 37.8 Å². The van der Waals surface area contributed by atoms with Crippen LogP contribution in [0.25, 0.3) is 11.3 Å². The highest BCUT2D eigenvalue weighted by Gasteiger charge is 2.17. The van der Waals surface area contributed by atoms with Crippen molar-refractivity contribution < 1.29 is 13.5 Å². The standard InChI is InChI=1S/C14H15F2N3OS/c15-13(16)20-12-4-2-1-3-10(12)11-9-21-14(18-11)19-7-5-17-6-8-19/h1-4,9,13,17H,5-8H2. The number of anilines is 1. The predicted molar refractivity (Wildman–Crippen MR) is 79.3 cm³/mol. The van der Waals surface area contributed by atoms with Crippen molar-refractivity contribution in [1.29, 1.82) is 0 Å². The van der Waals surface area contributed by atoms with E-state index in [2.05, 4.69) is 19.9 Å². The molecule has 1 aromatic heterocycles. The van der Waals surface area contributed by atoms with Crippen LogP contribution < -0.4 is 15.0 Å². The molecule has 4 nitrogen and oxygen atoms in total. The molecule has 1 saturated heterocycles. The number of thiazole rings is 1. The van der Waals surface area contributed by atoms with Crippen molar-refractivity contribution in [2.75, 3.05) is 31.1 Å². The van der Waals surface area contributed by atoms with Gasteiger partial charge in [0.15, 0.2) is 5.13 Å². The fraction of sp³-hybridized carbons (Fsp3) is 0.357. The summed E-state index contributed by atoms with van der Waals surface area (Å²) in [4.78, 5) is 6.76. The summed E-state index contributed by atoms with van der Waals surface area (Å²) in [6, 6.07) is 6.74. The van der Waals surface area contributed by atoms with E-state index >= 15 is 0 Å². The lowest BCUT2D eigenvalue weighted by Crippen LogP contribution is -2.43. The number of nitrogens with one attached hydrogen (secondary N) is 1. The van der Waals surface area contributed by atoms with Gasteiger partial charge in [0.25, 0.3) is 0 Å². The van der Waals surface area contributed by atoms with E-state index in [1.165, 1.54) is 17.4 Å². The van der Waals surface area contributed by atoms with E-state index in [0.717, 1.165) is 31.3 Å². The number of alkyl halides is 2. The second-order valence-corrected chi connectivity index (χ2v) is 5.46. The molecular weight excluding hydrogens is 296 g/mol. The van der Waals surface area contributed by atoms with E-state index in [4.69, 9.17) is 0 Å². The van der Waals surface area contributed by atoms with E-state index in [0.29, 0.717) is 11.3 Å². The zero-order valence-corrected chi connectivity index (χ0v) is 12.1. The molecule has 1 fully saturated rings. The SMILES string of the molecule is FC(F)Oc1ccccc1-c1csc(N2CCNCC2)n1. The molecule has 3 rings (SSSR count). The van der Waals surface area contributed by atoms with Gasteiger partial charge >= 0.3 is 6.61 Å². The Kier molecular flexibility index (Phi) is 4.31. The Labute approximate surface area is 125 Å². The summed E-state index contributed by atoms with van der Waals surface area (Å²) < 4.78 is 29.5. The molecule has 1 N–H and O–H groups in total. The largest absolute Gasteiger partial charge is 0.434 e. The minimum absolute atomic E-state index is 0.157. The molecule has 1 aromatic carbocycles. The van der Waals surface area contributed by atoms with Crippen molar-refractivity contribution in [3.05, 3.63) is 29.6 Å². The van der Waals surface area contributed by atoms with Gasteiger partial charge in [0.2, 0.25) is 0 Å². The van der Waals surface area contributed by atoms with Gasteiger partial charge in [-0.1, -0.05) is 12.1 Å². The minimum atomic E-state index is -2.84. The number of para-hydroxylation sites is 1. The molecule has 0 saturated carbocycles. The summed E-state index contributed by atoms with van der Waals surface area (Å²) in [6.07, 6.45) is 0. The summed E-state index contributed by atoms with van der Waals surface area (Å²) in [6.45, 7) is 0.835.